The lowest BCUT2D eigenvalue weighted by Crippen LogP contribution is -2.30. The number of thiazole rings is 1. The van der Waals surface area contributed by atoms with Crippen molar-refractivity contribution < 1.29 is 14.3 Å². The monoisotopic (exact) mass is 377 g/mol. The summed E-state index contributed by atoms with van der Waals surface area (Å²) in [5, 5.41) is 5.31. The molecule has 6 nitrogen and oxygen atoms in total. The second kappa shape index (κ2) is 8.13. The van der Waals surface area contributed by atoms with E-state index in [0.717, 1.165) is 10.5 Å². The van der Waals surface area contributed by atoms with E-state index in [-0.39, 0.29) is 18.9 Å². The normalized spacial score (nSPS) is 10.8. The van der Waals surface area contributed by atoms with Gasteiger partial charge in [0.1, 0.15) is 0 Å². The number of carbonyl (C=O) groups excluding carboxylic acids is 2. The minimum Gasteiger partial charge on any atom is -0.455 e. The molecule has 0 bridgehead atoms. The molecule has 130 valence electrons. The average molecular weight is 378 g/mol. The van der Waals surface area contributed by atoms with E-state index >= 15 is 0 Å². The van der Waals surface area contributed by atoms with E-state index in [1.807, 2.05) is 28.1 Å². The van der Waals surface area contributed by atoms with Gasteiger partial charge < -0.3 is 10.1 Å². The van der Waals surface area contributed by atoms with Gasteiger partial charge in [0.2, 0.25) is 0 Å². The van der Waals surface area contributed by atoms with Crippen LogP contribution in [0.4, 0.5) is 0 Å². The van der Waals surface area contributed by atoms with Crippen molar-refractivity contribution >= 4 is 39.8 Å². The molecule has 0 atom stereocenters. The Kier molecular flexibility index (Phi) is 5.67. The van der Waals surface area contributed by atoms with E-state index in [0.29, 0.717) is 23.7 Å². The number of hydrogen-bond acceptors (Lipinski definition) is 5. The molecule has 0 saturated heterocycles. The zero-order valence-corrected chi connectivity index (χ0v) is 14.8. The van der Waals surface area contributed by atoms with Crippen molar-refractivity contribution in [3.05, 3.63) is 58.3 Å². The second-order valence-corrected chi connectivity index (χ2v) is 6.70. The molecule has 0 aliphatic carbocycles. The zero-order chi connectivity index (χ0) is 17.6. The van der Waals surface area contributed by atoms with Crippen LogP contribution in [0.25, 0.3) is 4.96 Å². The van der Waals surface area contributed by atoms with Gasteiger partial charge in [-0.05, 0) is 24.1 Å². The van der Waals surface area contributed by atoms with E-state index < -0.39 is 5.97 Å². The number of ether oxygens (including phenoxy) is 1. The van der Waals surface area contributed by atoms with Gasteiger partial charge in [-0.25, -0.2) is 4.98 Å². The Morgan fingerprint density at radius 1 is 1.28 bits per heavy atom. The smallest absolute Gasteiger partial charge is 0.312 e. The van der Waals surface area contributed by atoms with Crippen molar-refractivity contribution in [3.8, 4) is 0 Å². The standard InChI is InChI=1S/C17H16ClN3O3S/c18-13-3-1-12(2-4-13)5-6-19-15(22)11-24-16(23)9-14-10-21-7-8-25-17(21)20-14/h1-4,7-8,10H,5-6,9,11H2,(H,19,22). The molecule has 3 aromatic rings. The van der Waals surface area contributed by atoms with E-state index in [4.69, 9.17) is 16.3 Å². The molecule has 2 aromatic heterocycles. The number of fused-ring (bicyclic) bond motifs is 1. The fourth-order valence-corrected chi connectivity index (χ4v) is 3.10. The molecule has 0 spiro atoms. The molecule has 1 N–H and O–H groups in total. The molecule has 0 radical (unpaired) electrons. The number of rotatable bonds is 7. The van der Waals surface area contributed by atoms with Crippen molar-refractivity contribution in [1.82, 2.24) is 14.7 Å². The van der Waals surface area contributed by atoms with Crippen LogP contribution in [0.15, 0.2) is 42.0 Å². The van der Waals surface area contributed by atoms with E-state index in [1.165, 1.54) is 11.3 Å². The highest BCUT2D eigenvalue weighted by Gasteiger charge is 2.11. The Labute approximate surface area is 153 Å². The molecule has 8 heteroatoms. The average Bonchev–Trinajstić information content (AvgIpc) is 3.16. The number of benzene rings is 1. The maximum absolute atomic E-state index is 11.8. The van der Waals surface area contributed by atoms with Crippen molar-refractivity contribution in [1.29, 1.82) is 0 Å². The number of aromatic nitrogens is 2. The fourth-order valence-electron chi connectivity index (χ4n) is 2.25. The SMILES string of the molecule is O=C(COC(=O)Cc1cn2ccsc2n1)NCCc1ccc(Cl)cc1. The number of carbonyl (C=O) groups is 2. The van der Waals surface area contributed by atoms with Gasteiger partial charge in [-0.2, -0.15) is 0 Å². The highest BCUT2D eigenvalue weighted by molar-refractivity contribution is 7.15. The first-order valence-electron chi connectivity index (χ1n) is 7.68. The van der Waals surface area contributed by atoms with Gasteiger partial charge in [-0.1, -0.05) is 23.7 Å². The third-order valence-corrected chi connectivity index (χ3v) is 4.50. The summed E-state index contributed by atoms with van der Waals surface area (Å²) < 4.78 is 6.83. The van der Waals surface area contributed by atoms with E-state index in [9.17, 15) is 9.59 Å². The lowest BCUT2D eigenvalue weighted by Gasteiger charge is -2.06. The number of nitrogens with zero attached hydrogens (tertiary/aromatic N) is 2. The summed E-state index contributed by atoms with van der Waals surface area (Å²) in [6.45, 7) is 0.178. The first-order chi connectivity index (χ1) is 12.1. The first kappa shape index (κ1) is 17.4. The Bertz CT molecular complexity index is 844. The van der Waals surface area contributed by atoms with Gasteiger partial charge in [0.15, 0.2) is 11.6 Å². The van der Waals surface area contributed by atoms with E-state index in [2.05, 4.69) is 10.3 Å². The van der Waals surface area contributed by atoms with Gasteiger partial charge >= 0.3 is 5.97 Å². The molecule has 0 aliphatic heterocycles. The van der Waals surface area contributed by atoms with Crippen LogP contribution in [0.3, 0.4) is 0 Å². The Morgan fingerprint density at radius 3 is 2.84 bits per heavy atom. The van der Waals surface area contributed by atoms with E-state index in [1.54, 1.807) is 18.3 Å². The van der Waals surface area contributed by atoms with Crippen molar-refractivity contribution in [2.45, 2.75) is 12.8 Å². The second-order valence-electron chi connectivity index (χ2n) is 5.39. The zero-order valence-electron chi connectivity index (χ0n) is 13.3. The summed E-state index contributed by atoms with van der Waals surface area (Å²) in [4.78, 5) is 28.6. The number of nitrogens with one attached hydrogen (secondary N) is 1. The van der Waals surface area contributed by atoms with Crippen LogP contribution in [0, 0.1) is 0 Å². The highest BCUT2D eigenvalue weighted by atomic mass is 35.5. The fraction of sp³-hybridized carbons (Fsp3) is 0.235. The number of imidazole rings is 1. The maximum atomic E-state index is 11.8. The summed E-state index contributed by atoms with van der Waals surface area (Å²) in [6.07, 6.45) is 4.38. The van der Waals surface area contributed by atoms with Crippen LogP contribution in [0.2, 0.25) is 5.02 Å². The maximum Gasteiger partial charge on any atom is 0.312 e. The molecule has 25 heavy (non-hydrogen) atoms. The summed E-state index contributed by atoms with van der Waals surface area (Å²) >= 11 is 7.31. The van der Waals surface area contributed by atoms with Crippen molar-refractivity contribution in [2.75, 3.05) is 13.2 Å². The highest BCUT2D eigenvalue weighted by Crippen LogP contribution is 2.12. The van der Waals surface area contributed by atoms with Gasteiger partial charge in [-0.3, -0.25) is 14.0 Å². The topological polar surface area (TPSA) is 72.7 Å². The molecular formula is C17H16ClN3O3S. The molecule has 0 saturated carbocycles. The molecule has 0 unspecified atom stereocenters. The van der Waals surface area contributed by atoms with Gasteiger partial charge in [-0.15, -0.1) is 11.3 Å². The predicted octanol–water partition coefficient (Wildman–Crippen LogP) is 2.49. The van der Waals surface area contributed by atoms with Crippen molar-refractivity contribution in [2.24, 2.45) is 0 Å². The summed E-state index contributed by atoms with van der Waals surface area (Å²) in [5.41, 5.74) is 1.70. The Balaban J connectivity index is 1.35. The first-order valence-corrected chi connectivity index (χ1v) is 8.94. The van der Waals surface area contributed by atoms with Crippen LogP contribution < -0.4 is 5.32 Å². The number of hydrogen-bond donors (Lipinski definition) is 1. The third-order valence-electron chi connectivity index (χ3n) is 3.48. The largest absolute Gasteiger partial charge is 0.455 e. The summed E-state index contributed by atoms with van der Waals surface area (Å²) in [7, 11) is 0. The minimum absolute atomic E-state index is 0.0481. The predicted molar refractivity (Wildman–Crippen MR) is 95.9 cm³/mol. The van der Waals surface area contributed by atoms with Gasteiger partial charge in [0, 0.05) is 29.3 Å². The Morgan fingerprint density at radius 2 is 2.08 bits per heavy atom. The summed E-state index contributed by atoms with van der Waals surface area (Å²) in [6, 6.07) is 7.43. The molecule has 2 heterocycles. The number of amides is 1. The third kappa shape index (κ3) is 5.04. The number of halogens is 1. The lowest BCUT2D eigenvalue weighted by atomic mass is 10.1. The van der Waals surface area contributed by atoms with Crippen LogP contribution in [-0.2, 0) is 27.2 Å². The van der Waals surface area contributed by atoms with Crippen LogP contribution in [0.1, 0.15) is 11.3 Å². The molecule has 0 aliphatic rings. The molecular weight excluding hydrogens is 362 g/mol. The van der Waals surface area contributed by atoms with Gasteiger partial charge in [0.05, 0.1) is 12.1 Å². The van der Waals surface area contributed by atoms with Crippen LogP contribution in [-0.4, -0.2) is 34.4 Å². The quantitative estimate of drug-likeness (QED) is 0.642. The molecule has 1 aromatic carbocycles. The summed E-state index contributed by atoms with van der Waals surface area (Å²) in [5.74, 6) is -0.799. The van der Waals surface area contributed by atoms with Crippen molar-refractivity contribution in [3.63, 3.8) is 0 Å². The van der Waals surface area contributed by atoms with Crippen LogP contribution in [0.5, 0.6) is 0 Å². The molecule has 1 amide bonds. The Hall–Kier alpha value is -2.38. The minimum atomic E-state index is -0.474. The van der Waals surface area contributed by atoms with Crippen LogP contribution >= 0.6 is 22.9 Å². The van der Waals surface area contributed by atoms with Gasteiger partial charge in [0.25, 0.3) is 5.91 Å². The molecule has 3 rings (SSSR count). The lowest BCUT2D eigenvalue weighted by molar-refractivity contribution is -0.147. The molecule has 0 fully saturated rings. The number of esters is 1.